The van der Waals surface area contributed by atoms with Crippen molar-refractivity contribution in [1.29, 1.82) is 0 Å². The molecule has 1 atom stereocenters. The minimum atomic E-state index is -0.583. The van der Waals surface area contributed by atoms with Crippen LogP contribution in [0.5, 0.6) is 0 Å². The molecule has 0 fully saturated rings. The van der Waals surface area contributed by atoms with Gasteiger partial charge in [-0.05, 0) is 12.0 Å². The van der Waals surface area contributed by atoms with Crippen LogP contribution in [0.4, 0.5) is 5.69 Å². The molecule has 0 unspecified atom stereocenters. The number of aliphatic hydroxyl groups is 1. The number of aromatic nitrogens is 1. The van der Waals surface area contributed by atoms with Gasteiger partial charge in [0.25, 0.3) is 11.6 Å². The van der Waals surface area contributed by atoms with E-state index in [0.717, 1.165) is 17.8 Å². The number of nitro groups is 1. The number of nitrogens with one attached hydrogen (secondary N) is 2. The van der Waals surface area contributed by atoms with Gasteiger partial charge in [-0.15, -0.1) is 0 Å². The van der Waals surface area contributed by atoms with E-state index in [1.165, 1.54) is 0 Å². The smallest absolute Gasteiger partial charge is 0.287 e. The summed E-state index contributed by atoms with van der Waals surface area (Å²) in [6.45, 7) is -0.219. The van der Waals surface area contributed by atoms with Crippen molar-refractivity contribution in [2.75, 3.05) is 6.61 Å². The maximum atomic E-state index is 12.0. The van der Waals surface area contributed by atoms with Gasteiger partial charge in [-0.2, -0.15) is 0 Å². The van der Waals surface area contributed by atoms with Crippen LogP contribution in [0.15, 0.2) is 42.6 Å². The molecule has 0 spiro atoms. The molecule has 0 bridgehead atoms. The predicted molar refractivity (Wildman–Crippen MR) is 75.9 cm³/mol. The monoisotopic (exact) mass is 289 g/mol. The van der Waals surface area contributed by atoms with Gasteiger partial charge in [0.2, 0.25) is 0 Å². The number of aliphatic hydroxyl groups excluding tert-OH is 1. The van der Waals surface area contributed by atoms with E-state index >= 15 is 0 Å². The van der Waals surface area contributed by atoms with Crippen LogP contribution in [0.2, 0.25) is 0 Å². The van der Waals surface area contributed by atoms with Crippen molar-refractivity contribution < 1.29 is 14.8 Å². The number of rotatable bonds is 6. The number of carbonyl (C=O) groups is 1. The third-order valence-electron chi connectivity index (χ3n) is 3.00. The van der Waals surface area contributed by atoms with Crippen molar-refractivity contribution in [2.45, 2.75) is 12.5 Å². The fourth-order valence-electron chi connectivity index (χ4n) is 1.94. The van der Waals surface area contributed by atoms with Crippen LogP contribution in [0.3, 0.4) is 0 Å². The molecule has 0 aliphatic carbocycles. The SMILES string of the molecule is O=C(N[C@@H](CO)Cc1ccccc1)c1cc([N+](=O)[O-])c[nH]1. The molecule has 2 aromatic rings. The molecule has 0 aliphatic heterocycles. The number of H-pyrrole nitrogens is 1. The highest BCUT2D eigenvalue weighted by atomic mass is 16.6. The van der Waals surface area contributed by atoms with Gasteiger partial charge >= 0.3 is 0 Å². The second-order valence-electron chi connectivity index (χ2n) is 4.57. The van der Waals surface area contributed by atoms with Crippen LogP contribution in [0.25, 0.3) is 0 Å². The summed E-state index contributed by atoms with van der Waals surface area (Å²) in [4.78, 5) is 24.5. The highest BCUT2D eigenvalue weighted by Gasteiger charge is 2.17. The van der Waals surface area contributed by atoms with E-state index in [1.54, 1.807) is 0 Å². The highest BCUT2D eigenvalue weighted by molar-refractivity contribution is 5.93. The van der Waals surface area contributed by atoms with Gasteiger partial charge in [-0.25, -0.2) is 0 Å². The molecule has 110 valence electrons. The van der Waals surface area contributed by atoms with Crippen LogP contribution in [0, 0.1) is 10.1 Å². The molecule has 2 rings (SSSR count). The van der Waals surface area contributed by atoms with Gasteiger partial charge in [0.15, 0.2) is 0 Å². The molecule has 0 radical (unpaired) electrons. The maximum Gasteiger partial charge on any atom is 0.287 e. The van der Waals surface area contributed by atoms with E-state index in [-0.39, 0.29) is 18.0 Å². The summed E-state index contributed by atoms with van der Waals surface area (Å²) in [7, 11) is 0. The van der Waals surface area contributed by atoms with E-state index in [2.05, 4.69) is 10.3 Å². The average Bonchev–Trinajstić information content (AvgIpc) is 2.97. The molecule has 7 nitrogen and oxygen atoms in total. The zero-order valence-corrected chi connectivity index (χ0v) is 11.2. The Morgan fingerprint density at radius 2 is 2.10 bits per heavy atom. The second-order valence-corrected chi connectivity index (χ2v) is 4.57. The molecular weight excluding hydrogens is 274 g/mol. The largest absolute Gasteiger partial charge is 0.394 e. The lowest BCUT2D eigenvalue weighted by Crippen LogP contribution is -2.39. The molecule has 0 aliphatic rings. The Bertz CT molecular complexity index is 624. The van der Waals surface area contributed by atoms with Crippen molar-refractivity contribution in [3.05, 3.63) is 64.0 Å². The highest BCUT2D eigenvalue weighted by Crippen LogP contribution is 2.12. The third kappa shape index (κ3) is 3.90. The first-order valence-corrected chi connectivity index (χ1v) is 6.38. The van der Waals surface area contributed by atoms with E-state index in [0.29, 0.717) is 6.42 Å². The molecule has 1 amide bonds. The standard InChI is InChI=1S/C14H15N3O4/c18-9-11(6-10-4-2-1-3-5-10)16-14(19)13-7-12(8-15-13)17(20)21/h1-5,7-8,11,15,18H,6,9H2,(H,16,19)/t11-/m1/s1. The Morgan fingerprint density at radius 1 is 1.38 bits per heavy atom. The summed E-state index contributed by atoms with van der Waals surface area (Å²) < 4.78 is 0. The van der Waals surface area contributed by atoms with Gasteiger partial charge in [-0.3, -0.25) is 14.9 Å². The molecule has 7 heteroatoms. The molecule has 1 heterocycles. The molecule has 0 saturated carbocycles. The van der Waals surface area contributed by atoms with Crippen molar-refractivity contribution in [1.82, 2.24) is 10.3 Å². The number of amides is 1. The lowest BCUT2D eigenvalue weighted by atomic mass is 10.1. The van der Waals surface area contributed by atoms with Crippen LogP contribution in [-0.2, 0) is 6.42 Å². The van der Waals surface area contributed by atoms with Crippen LogP contribution >= 0.6 is 0 Å². The zero-order chi connectivity index (χ0) is 15.2. The van der Waals surface area contributed by atoms with E-state index < -0.39 is 16.9 Å². The van der Waals surface area contributed by atoms with Gasteiger partial charge in [0, 0.05) is 6.07 Å². The molecule has 3 N–H and O–H groups in total. The normalized spacial score (nSPS) is 11.9. The van der Waals surface area contributed by atoms with Gasteiger partial charge < -0.3 is 15.4 Å². The van der Waals surface area contributed by atoms with E-state index in [4.69, 9.17) is 0 Å². The summed E-state index contributed by atoms with van der Waals surface area (Å²) >= 11 is 0. The minimum Gasteiger partial charge on any atom is -0.394 e. The van der Waals surface area contributed by atoms with Crippen LogP contribution in [-0.4, -0.2) is 33.6 Å². The maximum absolute atomic E-state index is 12.0. The first kappa shape index (κ1) is 14.7. The lowest BCUT2D eigenvalue weighted by molar-refractivity contribution is -0.384. The number of hydrogen-bond donors (Lipinski definition) is 3. The summed E-state index contributed by atoms with van der Waals surface area (Å²) in [5.41, 5.74) is 0.895. The number of nitrogens with zero attached hydrogens (tertiary/aromatic N) is 1. The van der Waals surface area contributed by atoms with E-state index in [9.17, 15) is 20.0 Å². The zero-order valence-electron chi connectivity index (χ0n) is 11.2. The fraction of sp³-hybridized carbons (Fsp3) is 0.214. The van der Waals surface area contributed by atoms with Crippen molar-refractivity contribution >= 4 is 11.6 Å². The lowest BCUT2D eigenvalue weighted by Gasteiger charge is -2.15. The van der Waals surface area contributed by atoms with E-state index in [1.807, 2.05) is 30.3 Å². The molecular formula is C14H15N3O4. The van der Waals surface area contributed by atoms with Crippen LogP contribution in [0.1, 0.15) is 16.1 Å². The van der Waals surface area contributed by atoms with Gasteiger partial charge in [-0.1, -0.05) is 30.3 Å². The number of carbonyl (C=O) groups excluding carboxylic acids is 1. The first-order valence-electron chi connectivity index (χ1n) is 6.38. The molecule has 0 saturated heterocycles. The topological polar surface area (TPSA) is 108 Å². The summed E-state index contributed by atoms with van der Waals surface area (Å²) in [6, 6.07) is 10.1. The van der Waals surface area contributed by atoms with Crippen LogP contribution < -0.4 is 5.32 Å². The molecule has 1 aromatic heterocycles. The summed E-state index contributed by atoms with van der Waals surface area (Å²) in [5, 5.41) is 22.6. The molecule has 21 heavy (non-hydrogen) atoms. The fourth-order valence-corrected chi connectivity index (χ4v) is 1.94. The number of hydrogen-bond acceptors (Lipinski definition) is 4. The van der Waals surface area contributed by atoms with Crippen molar-refractivity contribution in [2.24, 2.45) is 0 Å². The van der Waals surface area contributed by atoms with Gasteiger partial charge in [0.1, 0.15) is 5.69 Å². The summed E-state index contributed by atoms with van der Waals surface area (Å²) in [5.74, 6) is -0.488. The first-order chi connectivity index (χ1) is 10.1. The Balaban J connectivity index is 2.00. The summed E-state index contributed by atoms with van der Waals surface area (Å²) in [6.07, 6.45) is 1.63. The predicted octanol–water partition coefficient (Wildman–Crippen LogP) is 1.26. The minimum absolute atomic E-state index is 0.0909. The Labute approximate surface area is 120 Å². The number of benzene rings is 1. The van der Waals surface area contributed by atoms with Crippen molar-refractivity contribution in [3.63, 3.8) is 0 Å². The second kappa shape index (κ2) is 6.67. The van der Waals surface area contributed by atoms with Crippen molar-refractivity contribution in [3.8, 4) is 0 Å². The van der Waals surface area contributed by atoms with Gasteiger partial charge in [0.05, 0.1) is 23.8 Å². The average molecular weight is 289 g/mol. The Morgan fingerprint density at radius 3 is 2.67 bits per heavy atom. The Kier molecular flexibility index (Phi) is 4.68. The Hall–Kier alpha value is -2.67. The third-order valence-corrected chi connectivity index (χ3v) is 3.00. The molecule has 1 aromatic carbocycles. The quantitative estimate of drug-likeness (QED) is 0.549. The number of aromatic amines is 1.